The normalized spacial score (nSPS) is 16.5. The fourth-order valence-corrected chi connectivity index (χ4v) is 3.61. The van der Waals surface area contributed by atoms with Gasteiger partial charge in [-0.2, -0.15) is 0 Å². The van der Waals surface area contributed by atoms with Crippen molar-refractivity contribution in [3.63, 3.8) is 0 Å². The summed E-state index contributed by atoms with van der Waals surface area (Å²) < 4.78 is 11.3. The Hall–Kier alpha value is -1.76. The van der Waals surface area contributed by atoms with Crippen molar-refractivity contribution < 1.29 is 13.9 Å². The number of morpholine rings is 1. The number of carbonyl (C=O) groups excluding carboxylic acids is 1. The van der Waals surface area contributed by atoms with E-state index >= 15 is 0 Å². The molecule has 2 heterocycles. The second-order valence-corrected chi connectivity index (χ2v) is 7.07. The maximum absolute atomic E-state index is 12.2. The van der Waals surface area contributed by atoms with Gasteiger partial charge in [-0.05, 0) is 31.2 Å². The summed E-state index contributed by atoms with van der Waals surface area (Å²) in [6.07, 6.45) is 0. The maximum Gasteiger partial charge on any atom is 0.230 e. The minimum Gasteiger partial charge on any atom is -0.465 e. The van der Waals surface area contributed by atoms with Crippen molar-refractivity contribution in [1.82, 2.24) is 10.2 Å². The minimum absolute atomic E-state index is 0.0374. The molecule has 1 unspecified atom stereocenters. The molecule has 0 saturated carbocycles. The number of nitrogens with zero attached hydrogens (tertiary/aromatic N) is 1. The lowest BCUT2D eigenvalue weighted by Gasteiger charge is -2.33. The Bertz CT molecular complexity index is 668. The van der Waals surface area contributed by atoms with Crippen LogP contribution in [0.5, 0.6) is 0 Å². The lowest BCUT2D eigenvalue weighted by molar-refractivity contribution is -0.118. The second-order valence-electron chi connectivity index (χ2n) is 6.02. The summed E-state index contributed by atoms with van der Waals surface area (Å²) >= 11 is 1.55. The molecule has 134 valence electrons. The molecule has 25 heavy (non-hydrogen) atoms. The second kappa shape index (κ2) is 9.08. The Morgan fingerprint density at radius 1 is 1.20 bits per heavy atom. The van der Waals surface area contributed by atoms with E-state index < -0.39 is 0 Å². The van der Waals surface area contributed by atoms with Crippen molar-refractivity contribution in [3.05, 3.63) is 54.0 Å². The third-order valence-electron chi connectivity index (χ3n) is 4.18. The number of ether oxygens (including phenoxy) is 1. The van der Waals surface area contributed by atoms with Crippen molar-refractivity contribution in [3.8, 4) is 0 Å². The van der Waals surface area contributed by atoms with E-state index in [0.29, 0.717) is 25.5 Å². The molecule has 1 fully saturated rings. The van der Waals surface area contributed by atoms with Gasteiger partial charge in [0, 0.05) is 24.5 Å². The zero-order valence-corrected chi connectivity index (χ0v) is 15.3. The van der Waals surface area contributed by atoms with Crippen LogP contribution >= 0.6 is 11.8 Å². The molecular weight excluding hydrogens is 336 g/mol. The van der Waals surface area contributed by atoms with Gasteiger partial charge in [0.2, 0.25) is 5.91 Å². The highest BCUT2D eigenvalue weighted by molar-refractivity contribution is 8.00. The third kappa shape index (κ3) is 5.36. The highest BCUT2D eigenvalue weighted by Gasteiger charge is 2.25. The van der Waals surface area contributed by atoms with Crippen molar-refractivity contribution in [2.45, 2.75) is 17.9 Å². The van der Waals surface area contributed by atoms with Crippen LogP contribution in [-0.4, -0.2) is 49.4 Å². The molecule has 1 aromatic heterocycles. The number of nitrogens with one attached hydrogen (secondary N) is 1. The van der Waals surface area contributed by atoms with Gasteiger partial charge >= 0.3 is 0 Å². The zero-order chi connectivity index (χ0) is 17.5. The highest BCUT2D eigenvalue weighted by Crippen LogP contribution is 2.23. The van der Waals surface area contributed by atoms with Crippen LogP contribution in [0.25, 0.3) is 0 Å². The molecule has 0 spiro atoms. The van der Waals surface area contributed by atoms with Crippen molar-refractivity contribution in [1.29, 1.82) is 0 Å². The number of carbonyl (C=O) groups is 1. The van der Waals surface area contributed by atoms with Gasteiger partial charge in [0.05, 0.1) is 25.0 Å². The van der Waals surface area contributed by atoms with E-state index in [9.17, 15) is 4.79 Å². The van der Waals surface area contributed by atoms with E-state index in [4.69, 9.17) is 9.15 Å². The number of rotatable bonds is 7. The largest absolute Gasteiger partial charge is 0.465 e. The molecule has 1 aliphatic rings. The first kappa shape index (κ1) is 18.0. The minimum atomic E-state index is 0.0374. The topological polar surface area (TPSA) is 54.7 Å². The van der Waals surface area contributed by atoms with E-state index in [1.165, 1.54) is 0 Å². The molecule has 1 atom stereocenters. The standard InChI is InChI=1S/C19H24N2O3S/c1-15-7-8-18(24-15)17(21-9-11-23-12-10-21)13-20-19(22)14-25-16-5-3-2-4-6-16/h2-8,17H,9-14H2,1H3,(H,20,22). The summed E-state index contributed by atoms with van der Waals surface area (Å²) in [7, 11) is 0. The number of thioether (sulfide) groups is 1. The molecule has 0 radical (unpaired) electrons. The number of benzene rings is 1. The van der Waals surface area contributed by atoms with Crippen molar-refractivity contribution in [2.75, 3.05) is 38.6 Å². The summed E-state index contributed by atoms with van der Waals surface area (Å²) in [5, 5.41) is 3.06. The van der Waals surface area contributed by atoms with E-state index in [-0.39, 0.29) is 11.9 Å². The van der Waals surface area contributed by atoms with Crippen LogP contribution in [-0.2, 0) is 9.53 Å². The van der Waals surface area contributed by atoms with Gasteiger partial charge in [-0.1, -0.05) is 18.2 Å². The van der Waals surface area contributed by atoms with E-state index in [1.807, 2.05) is 49.4 Å². The quantitative estimate of drug-likeness (QED) is 0.770. The molecule has 1 N–H and O–H groups in total. The summed E-state index contributed by atoms with van der Waals surface area (Å²) in [5.41, 5.74) is 0. The summed E-state index contributed by atoms with van der Waals surface area (Å²) in [4.78, 5) is 15.6. The molecule has 0 bridgehead atoms. The smallest absolute Gasteiger partial charge is 0.230 e. The lowest BCUT2D eigenvalue weighted by atomic mass is 10.1. The number of hydrogen-bond acceptors (Lipinski definition) is 5. The van der Waals surface area contributed by atoms with Crippen LogP contribution in [0.4, 0.5) is 0 Å². The fraction of sp³-hybridized carbons (Fsp3) is 0.421. The number of amides is 1. The molecule has 1 aromatic carbocycles. The molecule has 2 aromatic rings. The molecule has 5 nitrogen and oxygen atoms in total. The Balaban J connectivity index is 1.55. The predicted molar refractivity (Wildman–Crippen MR) is 98.8 cm³/mol. The molecule has 1 saturated heterocycles. The number of hydrogen-bond donors (Lipinski definition) is 1. The third-order valence-corrected chi connectivity index (χ3v) is 5.19. The van der Waals surface area contributed by atoms with Gasteiger partial charge in [0.1, 0.15) is 11.5 Å². The number of aryl methyl sites for hydroxylation is 1. The van der Waals surface area contributed by atoms with Crippen LogP contribution in [0.1, 0.15) is 17.6 Å². The average molecular weight is 360 g/mol. The van der Waals surface area contributed by atoms with E-state index in [2.05, 4.69) is 10.2 Å². The number of furan rings is 1. The summed E-state index contributed by atoms with van der Waals surface area (Å²) in [5.74, 6) is 2.24. The first-order chi connectivity index (χ1) is 12.2. The van der Waals surface area contributed by atoms with E-state index in [1.54, 1.807) is 11.8 Å². The van der Waals surface area contributed by atoms with Crippen LogP contribution < -0.4 is 5.32 Å². The molecule has 0 aliphatic carbocycles. The monoisotopic (exact) mass is 360 g/mol. The Morgan fingerprint density at radius 3 is 2.64 bits per heavy atom. The van der Waals surface area contributed by atoms with Crippen LogP contribution in [0.2, 0.25) is 0 Å². The van der Waals surface area contributed by atoms with Gasteiger partial charge in [0.25, 0.3) is 0 Å². The molecular formula is C19H24N2O3S. The molecule has 1 aliphatic heterocycles. The summed E-state index contributed by atoms with van der Waals surface area (Å²) in [6, 6.07) is 14.0. The van der Waals surface area contributed by atoms with Gasteiger partial charge in [-0.3, -0.25) is 9.69 Å². The van der Waals surface area contributed by atoms with Gasteiger partial charge in [-0.25, -0.2) is 0 Å². The van der Waals surface area contributed by atoms with Gasteiger partial charge in [-0.15, -0.1) is 11.8 Å². The fourth-order valence-electron chi connectivity index (χ4n) is 2.86. The first-order valence-electron chi connectivity index (χ1n) is 8.55. The molecule has 1 amide bonds. The van der Waals surface area contributed by atoms with Gasteiger partial charge in [0.15, 0.2) is 0 Å². The maximum atomic E-state index is 12.2. The van der Waals surface area contributed by atoms with Gasteiger partial charge < -0.3 is 14.5 Å². The van der Waals surface area contributed by atoms with Crippen LogP contribution in [0.3, 0.4) is 0 Å². The van der Waals surface area contributed by atoms with E-state index in [0.717, 1.165) is 29.5 Å². The molecule has 3 rings (SSSR count). The molecule has 6 heteroatoms. The van der Waals surface area contributed by atoms with Crippen molar-refractivity contribution >= 4 is 17.7 Å². The Morgan fingerprint density at radius 2 is 1.96 bits per heavy atom. The van der Waals surface area contributed by atoms with Crippen LogP contribution in [0.15, 0.2) is 51.8 Å². The first-order valence-corrected chi connectivity index (χ1v) is 9.53. The highest BCUT2D eigenvalue weighted by atomic mass is 32.2. The lowest BCUT2D eigenvalue weighted by Crippen LogP contribution is -2.44. The Kier molecular flexibility index (Phi) is 6.55. The van der Waals surface area contributed by atoms with Crippen molar-refractivity contribution in [2.24, 2.45) is 0 Å². The SMILES string of the molecule is Cc1ccc(C(CNC(=O)CSc2ccccc2)N2CCOCC2)o1. The zero-order valence-electron chi connectivity index (χ0n) is 14.4. The summed E-state index contributed by atoms with van der Waals surface area (Å²) in [6.45, 7) is 5.61. The predicted octanol–water partition coefficient (Wildman–Crippen LogP) is 2.87. The average Bonchev–Trinajstić information content (AvgIpc) is 3.08. The Labute approximate surface area is 152 Å². The van der Waals surface area contributed by atoms with Crippen LogP contribution in [0, 0.1) is 6.92 Å².